The van der Waals surface area contributed by atoms with E-state index in [0.717, 1.165) is 23.5 Å². The lowest BCUT2D eigenvalue weighted by atomic mass is 10.1. The summed E-state index contributed by atoms with van der Waals surface area (Å²) < 4.78 is 5.30. The average Bonchev–Trinajstić information content (AvgIpc) is 2.55. The first-order chi connectivity index (χ1) is 11.1. The summed E-state index contributed by atoms with van der Waals surface area (Å²) in [4.78, 5) is 16.2. The molecule has 0 unspecified atom stereocenters. The zero-order chi connectivity index (χ0) is 16.7. The van der Waals surface area contributed by atoms with Gasteiger partial charge in [-0.15, -0.1) is 0 Å². The first-order valence-corrected chi connectivity index (χ1v) is 7.74. The van der Waals surface area contributed by atoms with E-state index < -0.39 is 0 Å². The molecule has 23 heavy (non-hydrogen) atoms. The Hall–Kier alpha value is -2.56. The van der Waals surface area contributed by atoms with Crippen molar-refractivity contribution in [3.8, 4) is 5.75 Å². The van der Waals surface area contributed by atoms with Gasteiger partial charge in [-0.1, -0.05) is 26.0 Å². The van der Waals surface area contributed by atoms with Gasteiger partial charge in [0.2, 0.25) is 0 Å². The molecule has 0 saturated carbocycles. The van der Waals surface area contributed by atoms with Crippen LogP contribution in [0.3, 0.4) is 0 Å². The number of carbonyl (C=O) groups is 1. The van der Waals surface area contributed by atoms with Gasteiger partial charge in [-0.2, -0.15) is 0 Å². The third-order valence-corrected chi connectivity index (χ3v) is 3.39. The fraction of sp³-hybridized carbons (Fsp3) is 0.333. The third-order valence-electron chi connectivity index (χ3n) is 3.39. The summed E-state index contributed by atoms with van der Waals surface area (Å²) in [6.07, 6.45) is 2.60. The van der Waals surface area contributed by atoms with Gasteiger partial charge in [-0.3, -0.25) is 4.79 Å². The number of para-hydroxylation sites is 2. The quantitative estimate of drug-likeness (QED) is 0.819. The summed E-state index contributed by atoms with van der Waals surface area (Å²) in [6.45, 7) is 4.92. The van der Waals surface area contributed by atoms with Gasteiger partial charge >= 0.3 is 0 Å². The van der Waals surface area contributed by atoms with Gasteiger partial charge in [0.15, 0.2) is 0 Å². The summed E-state index contributed by atoms with van der Waals surface area (Å²) in [5, 5.41) is 6.10. The molecule has 0 atom stereocenters. The lowest BCUT2D eigenvalue weighted by Gasteiger charge is -2.11. The van der Waals surface area contributed by atoms with Crippen LogP contribution >= 0.6 is 0 Å². The van der Waals surface area contributed by atoms with Gasteiger partial charge in [-0.05, 0) is 36.6 Å². The Morgan fingerprint density at radius 3 is 2.65 bits per heavy atom. The number of anilines is 2. The van der Waals surface area contributed by atoms with Crippen molar-refractivity contribution in [2.45, 2.75) is 20.3 Å². The molecule has 1 amide bonds. The molecular weight excluding hydrogens is 290 g/mol. The molecule has 0 spiro atoms. The number of methoxy groups -OCH3 is 1. The Kier molecular flexibility index (Phi) is 5.97. The van der Waals surface area contributed by atoms with E-state index in [1.807, 2.05) is 30.3 Å². The highest BCUT2D eigenvalue weighted by molar-refractivity contribution is 5.92. The lowest BCUT2D eigenvalue weighted by Crippen LogP contribution is -2.26. The highest BCUT2D eigenvalue weighted by Gasteiger charge is 2.08. The van der Waals surface area contributed by atoms with Crippen LogP contribution in [-0.4, -0.2) is 24.5 Å². The van der Waals surface area contributed by atoms with Crippen LogP contribution in [0.25, 0.3) is 0 Å². The Morgan fingerprint density at radius 1 is 1.22 bits per heavy atom. The van der Waals surface area contributed by atoms with Crippen LogP contribution in [0.4, 0.5) is 11.4 Å². The summed E-state index contributed by atoms with van der Waals surface area (Å²) in [5.41, 5.74) is 2.07. The van der Waals surface area contributed by atoms with Crippen molar-refractivity contribution >= 4 is 17.3 Å². The van der Waals surface area contributed by atoms with E-state index in [-0.39, 0.29) is 5.91 Å². The van der Waals surface area contributed by atoms with Gasteiger partial charge in [0.25, 0.3) is 5.91 Å². The van der Waals surface area contributed by atoms with Crippen molar-refractivity contribution in [2.24, 2.45) is 5.92 Å². The van der Waals surface area contributed by atoms with E-state index in [0.29, 0.717) is 18.2 Å². The SMILES string of the molecule is COc1ccccc1Nc1ccc(C(=O)NCCC(C)C)nc1. The van der Waals surface area contributed by atoms with Gasteiger partial charge in [-0.25, -0.2) is 4.98 Å². The minimum Gasteiger partial charge on any atom is -0.495 e. The maximum absolute atomic E-state index is 12.0. The number of nitrogens with one attached hydrogen (secondary N) is 2. The number of rotatable bonds is 7. The fourth-order valence-corrected chi connectivity index (χ4v) is 2.07. The van der Waals surface area contributed by atoms with Crippen LogP contribution in [-0.2, 0) is 0 Å². The topological polar surface area (TPSA) is 63.2 Å². The molecular formula is C18H23N3O2. The maximum atomic E-state index is 12.0. The van der Waals surface area contributed by atoms with E-state index >= 15 is 0 Å². The molecule has 2 N–H and O–H groups in total. The molecule has 0 bridgehead atoms. The largest absolute Gasteiger partial charge is 0.495 e. The first kappa shape index (κ1) is 16.8. The number of pyridine rings is 1. The molecule has 5 heteroatoms. The number of hydrogen-bond donors (Lipinski definition) is 2. The lowest BCUT2D eigenvalue weighted by molar-refractivity contribution is 0.0947. The molecule has 0 aliphatic heterocycles. The molecule has 1 aromatic carbocycles. The predicted octanol–water partition coefficient (Wildman–Crippen LogP) is 3.61. The Balaban J connectivity index is 1.98. The highest BCUT2D eigenvalue weighted by Crippen LogP contribution is 2.26. The van der Waals surface area contributed by atoms with Crippen molar-refractivity contribution in [2.75, 3.05) is 19.0 Å². The molecule has 0 aliphatic carbocycles. The van der Waals surface area contributed by atoms with Crippen molar-refractivity contribution in [3.63, 3.8) is 0 Å². The smallest absolute Gasteiger partial charge is 0.269 e. The normalized spacial score (nSPS) is 10.4. The Morgan fingerprint density at radius 2 is 2.00 bits per heavy atom. The fourth-order valence-electron chi connectivity index (χ4n) is 2.07. The maximum Gasteiger partial charge on any atom is 0.269 e. The van der Waals surface area contributed by atoms with Crippen LogP contribution < -0.4 is 15.4 Å². The zero-order valence-corrected chi connectivity index (χ0v) is 13.8. The van der Waals surface area contributed by atoms with Crippen molar-refractivity contribution < 1.29 is 9.53 Å². The monoisotopic (exact) mass is 313 g/mol. The average molecular weight is 313 g/mol. The number of ether oxygens (including phenoxy) is 1. The van der Waals surface area contributed by atoms with Gasteiger partial charge < -0.3 is 15.4 Å². The zero-order valence-electron chi connectivity index (χ0n) is 13.8. The molecule has 1 aromatic heterocycles. The summed E-state index contributed by atoms with van der Waals surface area (Å²) in [7, 11) is 1.63. The van der Waals surface area contributed by atoms with Gasteiger partial charge in [0.05, 0.1) is 24.7 Å². The second-order valence-electron chi connectivity index (χ2n) is 5.70. The van der Waals surface area contributed by atoms with Crippen molar-refractivity contribution in [1.82, 2.24) is 10.3 Å². The minimum atomic E-state index is -0.144. The molecule has 122 valence electrons. The third kappa shape index (κ3) is 4.98. The molecule has 5 nitrogen and oxygen atoms in total. The van der Waals surface area contributed by atoms with E-state index in [9.17, 15) is 4.79 Å². The van der Waals surface area contributed by atoms with E-state index in [4.69, 9.17) is 4.74 Å². The molecule has 0 fully saturated rings. The summed E-state index contributed by atoms with van der Waals surface area (Å²) in [6, 6.07) is 11.2. The minimum absolute atomic E-state index is 0.144. The molecule has 0 radical (unpaired) electrons. The number of carbonyl (C=O) groups excluding carboxylic acids is 1. The van der Waals surface area contributed by atoms with Crippen molar-refractivity contribution in [3.05, 3.63) is 48.3 Å². The number of nitrogens with zero attached hydrogens (tertiary/aromatic N) is 1. The van der Waals surface area contributed by atoms with E-state index in [1.54, 1.807) is 19.4 Å². The van der Waals surface area contributed by atoms with Gasteiger partial charge in [0, 0.05) is 6.54 Å². The Labute approximate surface area is 137 Å². The molecule has 0 saturated heterocycles. The predicted molar refractivity (Wildman–Crippen MR) is 92.3 cm³/mol. The highest BCUT2D eigenvalue weighted by atomic mass is 16.5. The van der Waals surface area contributed by atoms with Crippen LogP contribution in [0.1, 0.15) is 30.8 Å². The van der Waals surface area contributed by atoms with Crippen LogP contribution in [0.5, 0.6) is 5.75 Å². The summed E-state index contributed by atoms with van der Waals surface area (Å²) >= 11 is 0. The number of amides is 1. The van der Waals surface area contributed by atoms with E-state index in [2.05, 4.69) is 29.5 Å². The van der Waals surface area contributed by atoms with Crippen LogP contribution in [0, 0.1) is 5.92 Å². The molecule has 1 heterocycles. The standard InChI is InChI=1S/C18H23N3O2/c1-13(2)10-11-19-18(22)16-9-8-14(12-20-16)21-15-6-4-5-7-17(15)23-3/h4-9,12-13,21H,10-11H2,1-3H3,(H,19,22). The number of benzene rings is 1. The molecule has 2 aromatic rings. The second-order valence-corrected chi connectivity index (χ2v) is 5.70. The Bertz CT molecular complexity index is 639. The molecule has 0 aliphatic rings. The number of hydrogen-bond acceptors (Lipinski definition) is 4. The first-order valence-electron chi connectivity index (χ1n) is 7.74. The van der Waals surface area contributed by atoms with Gasteiger partial charge in [0.1, 0.15) is 11.4 Å². The summed E-state index contributed by atoms with van der Waals surface area (Å²) in [5.74, 6) is 1.17. The van der Waals surface area contributed by atoms with Crippen LogP contribution in [0.15, 0.2) is 42.6 Å². The van der Waals surface area contributed by atoms with Crippen molar-refractivity contribution in [1.29, 1.82) is 0 Å². The van der Waals surface area contributed by atoms with Crippen LogP contribution in [0.2, 0.25) is 0 Å². The van der Waals surface area contributed by atoms with E-state index in [1.165, 1.54) is 0 Å². The second kappa shape index (κ2) is 8.17. The number of aromatic nitrogens is 1. The molecule has 2 rings (SSSR count).